The molecule has 1 aromatic heterocycles. The Kier molecular flexibility index (Phi) is 4.07. The minimum Gasteiger partial charge on any atom is -0.341 e. The molecule has 2 fully saturated rings. The normalized spacial score (nSPS) is 28.9. The molecule has 2 nitrogen and oxygen atoms in total. The monoisotopic (exact) mass is 405 g/mol. The van der Waals surface area contributed by atoms with E-state index < -0.39 is 0 Å². The van der Waals surface area contributed by atoms with Crippen LogP contribution < -0.4 is 0 Å². The van der Waals surface area contributed by atoms with Crippen LogP contribution in [0.4, 0.5) is 0 Å². The maximum absolute atomic E-state index is 12.5. The molecule has 0 radical (unpaired) electrons. The Bertz CT molecular complexity index is 502. The molecule has 0 saturated heterocycles. The van der Waals surface area contributed by atoms with Crippen molar-refractivity contribution in [1.29, 1.82) is 0 Å². The number of nitrogens with zero attached hydrogens (tertiary/aromatic N) is 1. The summed E-state index contributed by atoms with van der Waals surface area (Å²) in [5, 5.41) is 0. The smallest absolute Gasteiger partial charge is 0.255 e. The van der Waals surface area contributed by atoms with Crippen LogP contribution in [0.1, 0.15) is 36.0 Å². The summed E-state index contributed by atoms with van der Waals surface area (Å²) in [6, 6.07) is 1.91. The molecule has 2 aliphatic rings. The van der Waals surface area contributed by atoms with E-state index in [0.29, 0.717) is 0 Å². The number of halogens is 2. The van der Waals surface area contributed by atoms with Crippen LogP contribution in [0, 0.1) is 17.8 Å². The molecule has 0 aromatic carbocycles. The largest absolute Gasteiger partial charge is 0.341 e. The average molecular weight is 407 g/mol. The van der Waals surface area contributed by atoms with Crippen LogP contribution >= 0.6 is 43.2 Å². The summed E-state index contributed by atoms with van der Waals surface area (Å²) in [7, 11) is 1.94. The summed E-state index contributed by atoms with van der Waals surface area (Å²) < 4.78 is 1.92. The number of amides is 1. The molecule has 3 unspecified atom stereocenters. The SMILES string of the molecule is CN(CC1CC2CCC1C2)C(=O)c1cc(Br)sc1Br. The maximum atomic E-state index is 12.5. The highest BCUT2D eigenvalue weighted by Gasteiger charge is 2.40. The number of fused-ring (bicyclic) bond motifs is 2. The first kappa shape index (κ1) is 14.1. The fraction of sp³-hybridized carbons (Fsp3) is 0.643. The lowest BCUT2D eigenvalue weighted by Gasteiger charge is -2.27. The van der Waals surface area contributed by atoms with Gasteiger partial charge in [-0.3, -0.25) is 4.79 Å². The third-order valence-corrected chi connectivity index (χ3v) is 6.97. The summed E-state index contributed by atoms with van der Waals surface area (Å²) in [5.74, 6) is 2.68. The highest BCUT2D eigenvalue weighted by molar-refractivity contribution is 9.12. The lowest BCUT2D eigenvalue weighted by Crippen LogP contribution is -2.33. The molecule has 1 amide bonds. The third-order valence-electron chi connectivity index (χ3n) is 4.63. The van der Waals surface area contributed by atoms with Crippen LogP contribution in [-0.2, 0) is 0 Å². The van der Waals surface area contributed by atoms with E-state index in [0.717, 1.165) is 37.4 Å². The zero-order valence-corrected chi connectivity index (χ0v) is 14.9. The van der Waals surface area contributed by atoms with E-state index in [-0.39, 0.29) is 5.91 Å². The number of hydrogen-bond acceptors (Lipinski definition) is 2. The van der Waals surface area contributed by atoms with E-state index in [1.807, 2.05) is 18.0 Å². The van der Waals surface area contributed by atoms with Crippen molar-refractivity contribution in [2.24, 2.45) is 17.8 Å². The van der Waals surface area contributed by atoms with Gasteiger partial charge in [-0.1, -0.05) is 6.42 Å². The Morgan fingerprint density at radius 3 is 2.74 bits per heavy atom. The highest BCUT2D eigenvalue weighted by Crippen LogP contribution is 2.48. The number of carbonyl (C=O) groups is 1. The Labute approximate surface area is 134 Å². The zero-order chi connectivity index (χ0) is 13.6. The molecule has 2 bridgehead atoms. The lowest BCUT2D eigenvalue weighted by molar-refractivity contribution is 0.0754. The minimum atomic E-state index is 0.136. The predicted octanol–water partition coefficient (Wildman–Crippen LogP) is 4.78. The van der Waals surface area contributed by atoms with Crippen molar-refractivity contribution in [3.63, 3.8) is 0 Å². The molecule has 19 heavy (non-hydrogen) atoms. The molecule has 1 heterocycles. The second-order valence-electron chi connectivity index (χ2n) is 5.86. The highest BCUT2D eigenvalue weighted by atomic mass is 79.9. The van der Waals surface area contributed by atoms with Crippen LogP contribution in [0.5, 0.6) is 0 Å². The van der Waals surface area contributed by atoms with Crippen molar-refractivity contribution in [1.82, 2.24) is 4.90 Å². The van der Waals surface area contributed by atoms with Crippen molar-refractivity contribution in [3.8, 4) is 0 Å². The molecule has 2 aliphatic carbocycles. The van der Waals surface area contributed by atoms with Gasteiger partial charge in [0.15, 0.2) is 0 Å². The lowest BCUT2D eigenvalue weighted by atomic mass is 9.88. The van der Waals surface area contributed by atoms with Crippen LogP contribution in [0.3, 0.4) is 0 Å². The van der Waals surface area contributed by atoms with Gasteiger partial charge in [-0.25, -0.2) is 0 Å². The van der Waals surface area contributed by atoms with Gasteiger partial charge in [0, 0.05) is 13.6 Å². The number of carbonyl (C=O) groups excluding carboxylic acids is 1. The maximum Gasteiger partial charge on any atom is 0.255 e. The summed E-state index contributed by atoms with van der Waals surface area (Å²) in [4.78, 5) is 14.4. The Balaban J connectivity index is 1.65. The number of hydrogen-bond donors (Lipinski definition) is 0. The van der Waals surface area contributed by atoms with E-state index in [1.165, 1.54) is 25.7 Å². The van der Waals surface area contributed by atoms with Gasteiger partial charge in [0.1, 0.15) is 0 Å². The molecule has 0 N–H and O–H groups in total. The third kappa shape index (κ3) is 2.79. The molecule has 2 saturated carbocycles. The molecule has 0 aliphatic heterocycles. The van der Waals surface area contributed by atoms with Crippen molar-refractivity contribution in [2.45, 2.75) is 25.7 Å². The quantitative estimate of drug-likeness (QED) is 0.707. The predicted molar refractivity (Wildman–Crippen MR) is 85.6 cm³/mol. The minimum absolute atomic E-state index is 0.136. The Morgan fingerprint density at radius 2 is 2.21 bits per heavy atom. The van der Waals surface area contributed by atoms with Gasteiger partial charge in [0.05, 0.1) is 13.1 Å². The van der Waals surface area contributed by atoms with Crippen molar-refractivity contribution in [3.05, 3.63) is 19.2 Å². The van der Waals surface area contributed by atoms with Crippen molar-refractivity contribution < 1.29 is 4.79 Å². The van der Waals surface area contributed by atoms with Gasteiger partial charge in [0.25, 0.3) is 5.91 Å². The van der Waals surface area contributed by atoms with Crippen LogP contribution in [0.15, 0.2) is 13.6 Å². The number of thiophene rings is 1. The van der Waals surface area contributed by atoms with Gasteiger partial charge in [-0.15, -0.1) is 11.3 Å². The molecule has 104 valence electrons. The van der Waals surface area contributed by atoms with E-state index in [4.69, 9.17) is 0 Å². The molecular weight excluding hydrogens is 390 g/mol. The molecule has 5 heteroatoms. The summed E-state index contributed by atoms with van der Waals surface area (Å²) in [5.41, 5.74) is 0.780. The molecular formula is C14H17Br2NOS. The average Bonchev–Trinajstić information content (AvgIpc) is 3.03. The van der Waals surface area contributed by atoms with E-state index in [1.54, 1.807) is 11.3 Å². The first-order valence-corrected chi connectivity index (χ1v) is 9.15. The van der Waals surface area contributed by atoms with Crippen LogP contribution in [0.2, 0.25) is 0 Å². The van der Waals surface area contributed by atoms with Crippen molar-refractivity contribution >= 4 is 49.1 Å². The molecule has 1 aromatic rings. The van der Waals surface area contributed by atoms with Gasteiger partial charge >= 0.3 is 0 Å². The van der Waals surface area contributed by atoms with Gasteiger partial charge in [0.2, 0.25) is 0 Å². The second-order valence-corrected chi connectivity index (χ2v) is 9.61. The topological polar surface area (TPSA) is 20.3 Å². The van der Waals surface area contributed by atoms with Gasteiger partial charge in [-0.2, -0.15) is 0 Å². The summed E-state index contributed by atoms with van der Waals surface area (Å²) >= 11 is 8.46. The molecule has 0 spiro atoms. The fourth-order valence-corrected chi connectivity index (χ4v) is 6.50. The van der Waals surface area contributed by atoms with E-state index in [9.17, 15) is 4.79 Å². The van der Waals surface area contributed by atoms with Gasteiger partial charge < -0.3 is 4.90 Å². The first-order valence-electron chi connectivity index (χ1n) is 6.75. The number of rotatable bonds is 3. The zero-order valence-electron chi connectivity index (χ0n) is 10.9. The van der Waals surface area contributed by atoms with Crippen LogP contribution in [0.25, 0.3) is 0 Å². The van der Waals surface area contributed by atoms with Gasteiger partial charge in [-0.05, 0) is 74.9 Å². The van der Waals surface area contributed by atoms with Crippen molar-refractivity contribution in [2.75, 3.05) is 13.6 Å². The Hall–Kier alpha value is 0.130. The Morgan fingerprint density at radius 1 is 1.42 bits per heavy atom. The standard InChI is InChI=1S/C14H17Br2NOS/c1-17(7-10-5-8-2-3-9(10)4-8)14(18)11-6-12(15)19-13(11)16/h6,8-10H,2-5,7H2,1H3. The first-order chi connectivity index (χ1) is 9.04. The van der Waals surface area contributed by atoms with E-state index in [2.05, 4.69) is 31.9 Å². The van der Waals surface area contributed by atoms with E-state index >= 15 is 0 Å². The second kappa shape index (κ2) is 5.49. The fourth-order valence-electron chi connectivity index (χ4n) is 3.73. The summed E-state index contributed by atoms with van der Waals surface area (Å²) in [6.45, 7) is 0.917. The van der Waals surface area contributed by atoms with Crippen LogP contribution in [-0.4, -0.2) is 24.4 Å². The molecule has 3 atom stereocenters. The summed E-state index contributed by atoms with van der Waals surface area (Å²) in [6.07, 6.45) is 5.53. The molecule has 3 rings (SSSR count).